The number of anilines is 1. The Bertz CT molecular complexity index is 1130. The molecule has 0 amide bonds. The van der Waals surface area contributed by atoms with Gasteiger partial charge in [0.15, 0.2) is 5.65 Å². The Morgan fingerprint density at radius 2 is 1.84 bits per heavy atom. The highest BCUT2D eigenvalue weighted by Gasteiger charge is 2.17. The van der Waals surface area contributed by atoms with Crippen LogP contribution < -0.4 is 5.32 Å². The van der Waals surface area contributed by atoms with E-state index >= 15 is 0 Å². The summed E-state index contributed by atoms with van der Waals surface area (Å²) in [7, 11) is 0. The zero-order chi connectivity index (χ0) is 21.8. The smallest absolute Gasteiger partial charge is 0.225 e. The van der Waals surface area contributed by atoms with Crippen molar-refractivity contribution in [3.05, 3.63) is 66.2 Å². The summed E-state index contributed by atoms with van der Waals surface area (Å²) < 4.78 is 2.05. The van der Waals surface area contributed by atoms with Crippen molar-refractivity contribution < 1.29 is 5.11 Å². The number of pyridine rings is 1. The molecule has 31 heavy (non-hydrogen) atoms. The number of benzene rings is 1. The standard InChI is InChI=1S/C24H28N6O/c1-4-19(14-31)27-24-28-21(22-23(29-24)30(15-26-22)16(2)3)13-17-8-10-18(11-9-17)20-7-5-6-12-25-20/h5-12,15-16,19,31H,4,13-14H2,1-3H3,(H,27,28,29)/t19-/m1/s1. The fourth-order valence-electron chi connectivity index (χ4n) is 3.52. The Hall–Kier alpha value is -3.32. The first-order valence-corrected chi connectivity index (χ1v) is 10.7. The molecule has 0 radical (unpaired) electrons. The third kappa shape index (κ3) is 4.56. The van der Waals surface area contributed by atoms with E-state index in [1.54, 1.807) is 6.20 Å². The molecule has 1 aromatic carbocycles. The number of aliphatic hydroxyl groups excluding tert-OH is 1. The summed E-state index contributed by atoms with van der Waals surface area (Å²) in [5.41, 5.74) is 5.65. The van der Waals surface area contributed by atoms with Crippen molar-refractivity contribution in [1.29, 1.82) is 0 Å². The maximum absolute atomic E-state index is 9.59. The SMILES string of the molecule is CC[C@H](CO)Nc1nc(Cc2ccc(-c3ccccn3)cc2)c2ncn(C(C)C)c2n1. The number of rotatable bonds is 8. The summed E-state index contributed by atoms with van der Waals surface area (Å²) >= 11 is 0. The van der Waals surface area contributed by atoms with Crippen LogP contribution in [0.15, 0.2) is 55.0 Å². The third-order valence-electron chi connectivity index (χ3n) is 5.38. The lowest BCUT2D eigenvalue weighted by molar-refractivity contribution is 0.271. The largest absolute Gasteiger partial charge is 0.394 e. The second-order valence-electron chi connectivity index (χ2n) is 7.93. The van der Waals surface area contributed by atoms with Crippen LogP contribution in [-0.4, -0.2) is 42.3 Å². The molecule has 1 atom stereocenters. The molecule has 0 aliphatic carbocycles. The first-order valence-electron chi connectivity index (χ1n) is 10.7. The Kier molecular flexibility index (Phi) is 6.23. The second kappa shape index (κ2) is 9.22. The molecule has 0 saturated heterocycles. The van der Waals surface area contributed by atoms with Crippen LogP contribution in [0.3, 0.4) is 0 Å². The summed E-state index contributed by atoms with van der Waals surface area (Å²) in [6.07, 6.45) is 5.05. The minimum Gasteiger partial charge on any atom is -0.394 e. The van der Waals surface area contributed by atoms with Crippen molar-refractivity contribution in [2.45, 2.75) is 45.7 Å². The van der Waals surface area contributed by atoms with Crippen molar-refractivity contribution in [3.8, 4) is 11.3 Å². The number of hydrogen-bond acceptors (Lipinski definition) is 6. The minimum atomic E-state index is -0.0848. The molecule has 0 aliphatic rings. The van der Waals surface area contributed by atoms with Crippen molar-refractivity contribution in [3.63, 3.8) is 0 Å². The summed E-state index contributed by atoms with van der Waals surface area (Å²) in [6.45, 7) is 6.27. The number of aliphatic hydroxyl groups is 1. The molecule has 0 fully saturated rings. The zero-order valence-corrected chi connectivity index (χ0v) is 18.2. The van der Waals surface area contributed by atoms with E-state index in [0.29, 0.717) is 12.4 Å². The lowest BCUT2D eigenvalue weighted by Crippen LogP contribution is -2.24. The molecule has 3 heterocycles. The van der Waals surface area contributed by atoms with E-state index in [0.717, 1.165) is 40.1 Å². The predicted octanol–water partition coefficient (Wildman–Crippen LogP) is 4.24. The third-order valence-corrected chi connectivity index (χ3v) is 5.38. The molecule has 7 nitrogen and oxygen atoms in total. The van der Waals surface area contributed by atoms with Gasteiger partial charge in [-0.3, -0.25) is 4.98 Å². The molecule has 2 N–H and O–H groups in total. The van der Waals surface area contributed by atoms with E-state index in [9.17, 15) is 5.11 Å². The van der Waals surface area contributed by atoms with Gasteiger partial charge >= 0.3 is 0 Å². The fourth-order valence-corrected chi connectivity index (χ4v) is 3.52. The van der Waals surface area contributed by atoms with Gasteiger partial charge in [0.05, 0.1) is 30.4 Å². The summed E-state index contributed by atoms with van der Waals surface area (Å²) in [4.78, 5) is 18.5. The van der Waals surface area contributed by atoms with Gasteiger partial charge in [0.1, 0.15) is 5.52 Å². The Labute approximate surface area is 182 Å². The number of aromatic nitrogens is 5. The van der Waals surface area contributed by atoms with Crippen LogP contribution in [0.5, 0.6) is 0 Å². The molecule has 4 aromatic rings. The van der Waals surface area contributed by atoms with Crippen LogP contribution in [0, 0.1) is 0 Å². The van der Waals surface area contributed by atoms with Gasteiger partial charge in [0, 0.05) is 24.2 Å². The molecule has 7 heteroatoms. The van der Waals surface area contributed by atoms with Gasteiger partial charge in [-0.15, -0.1) is 0 Å². The van der Waals surface area contributed by atoms with Crippen LogP contribution in [0.25, 0.3) is 22.4 Å². The first-order chi connectivity index (χ1) is 15.1. The van der Waals surface area contributed by atoms with Crippen molar-refractivity contribution in [2.75, 3.05) is 11.9 Å². The van der Waals surface area contributed by atoms with E-state index in [4.69, 9.17) is 9.97 Å². The predicted molar refractivity (Wildman–Crippen MR) is 123 cm³/mol. The molecular weight excluding hydrogens is 388 g/mol. The Morgan fingerprint density at radius 3 is 2.48 bits per heavy atom. The molecule has 4 rings (SSSR count). The molecular formula is C24H28N6O. The maximum Gasteiger partial charge on any atom is 0.225 e. The Balaban J connectivity index is 1.68. The van der Waals surface area contributed by atoms with Gasteiger partial charge in [-0.2, -0.15) is 4.98 Å². The van der Waals surface area contributed by atoms with E-state index in [2.05, 4.69) is 58.0 Å². The van der Waals surface area contributed by atoms with E-state index in [-0.39, 0.29) is 18.7 Å². The van der Waals surface area contributed by atoms with Crippen molar-refractivity contribution >= 4 is 17.1 Å². The second-order valence-corrected chi connectivity index (χ2v) is 7.93. The van der Waals surface area contributed by atoms with Gasteiger partial charge in [-0.05, 0) is 38.0 Å². The van der Waals surface area contributed by atoms with Crippen LogP contribution in [-0.2, 0) is 6.42 Å². The Morgan fingerprint density at radius 1 is 1.03 bits per heavy atom. The van der Waals surface area contributed by atoms with Gasteiger partial charge in [-0.25, -0.2) is 9.97 Å². The molecule has 0 bridgehead atoms. The van der Waals surface area contributed by atoms with Crippen molar-refractivity contribution in [2.24, 2.45) is 0 Å². The van der Waals surface area contributed by atoms with E-state index in [1.807, 2.05) is 31.5 Å². The molecule has 0 unspecified atom stereocenters. The van der Waals surface area contributed by atoms with Crippen LogP contribution >= 0.6 is 0 Å². The number of imidazole rings is 1. The van der Waals surface area contributed by atoms with E-state index < -0.39 is 0 Å². The molecule has 0 aliphatic heterocycles. The van der Waals surface area contributed by atoms with Crippen molar-refractivity contribution in [1.82, 2.24) is 24.5 Å². The quantitative estimate of drug-likeness (QED) is 0.447. The minimum absolute atomic E-state index is 0.0334. The highest BCUT2D eigenvalue weighted by Crippen LogP contribution is 2.24. The first kappa shape index (κ1) is 20.9. The number of fused-ring (bicyclic) bond motifs is 1. The van der Waals surface area contributed by atoms with Crippen LogP contribution in [0.1, 0.15) is 44.5 Å². The highest BCUT2D eigenvalue weighted by atomic mass is 16.3. The highest BCUT2D eigenvalue weighted by molar-refractivity contribution is 5.75. The lowest BCUT2D eigenvalue weighted by Gasteiger charge is -2.16. The number of nitrogens with zero attached hydrogens (tertiary/aromatic N) is 5. The molecule has 160 valence electrons. The van der Waals surface area contributed by atoms with Crippen LogP contribution in [0.4, 0.5) is 5.95 Å². The molecule has 0 saturated carbocycles. The monoisotopic (exact) mass is 416 g/mol. The van der Waals surface area contributed by atoms with E-state index in [1.165, 1.54) is 0 Å². The summed E-state index contributed by atoms with van der Waals surface area (Å²) in [5.74, 6) is 0.524. The van der Waals surface area contributed by atoms with Gasteiger partial charge in [0.2, 0.25) is 5.95 Å². The number of nitrogens with one attached hydrogen (secondary N) is 1. The normalized spacial score (nSPS) is 12.4. The molecule has 3 aromatic heterocycles. The average Bonchev–Trinajstić information content (AvgIpc) is 3.23. The number of hydrogen-bond donors (Lipinski definition) is 2. The topological polar surface area (TPSA) is 88.8 Å². The fraction of sp³-hybridized carbons (Fsp3) is 0.333. The maximum atomic E-state index is 9.59. The zero-order valence-electron chi connectivity index (χ0n) is 18.2. The lowest BCUT2D eigenvalue weighted by atomic mass is 10.0. The summed E-state index contributed by atoms with van der Waals surface area (Å²) in [6, 6.07) is 14.4. The molecule has 0 spiro atoms. The van der Waals surface area contributed by atoms with Crippen LogP contribution in [0.2, 0.25) is 0 Å². The summed E-state index contributed by atoms with van der Waals surface area (Å²) in [5, 5.41) is 12.8. The van der Waals surface area contributed by atoms with Gasteiger partial charge in [0.25, 0.3) is 0 Å². The van der Waals surface area contributed by atoms with Gasteiger partial charge < -0.3 is 15.0 Å². The average molecular weight is 417 g/mol. The van der Waals surface area contributed by atoms with Gasteiger partial charge in [-0.1, -0.05) is 37.3 Å².